The van der Waals surface area contributed by atoms with Gasteiger partial charge in [0, 0.05) is 5.69 Å². The van der Waals surface area contributed by atoms with E-state index in [0.29, 0.717) is 21.4 Å². The Kier molecular flexibility index (Phi) is 3.74. The van der Waals surface area contributed by atoms with Crippen molar-refractivity contribution < 1.29 is 4.21 Å². The number of hydrogen-bond acceptors (Lipinski definition) is 4. The molecule has 0 bridgehead atoms. The minimum atomic E-state index is -1.22. The summed E-state index contributed by atoms with van der Waals surface area (Å²) in [6.45, 7) is 0. The maximum Gasteiger partial charge on any atom is 0.107 e. The van der Waals surface area contributed by atoms with Crippen LogP contribution in [0.3, 0.4) is 0 Å². The molecule has 6 heteroatoms. The molecule has 1 aromatic heterocycles. The molecule has 0 aliphatic heterocycles. The average molecular weight is 323 g/mol. The second kappa shape index (κ2) is 5.52. The third kappa shape index (κ3) is 2.70. The molecule has 0 radical (unpaired) electrons. The number of nitrogen functional groups attached to an aromatic ring is 1. The Morgan fingerprint density at radius 2 is 2.05 bits per heavy atom. The van der Waals surface area contributed by atoms with Gasteiger partial charge < -0.3 is 5.73 Å². The number of para-hydroxylation sites is 1. The van der Waals surface area contributed by atoms with Gasteiger partial charge in [-0.25, -0.2) is 4.98 Å². The van der Waals surface area contributed by atoms with Crippen LogP contribution in [0.5, 0.6) is 0 Å². The minimum absolute atomic E-state index is 0.364. The van der Waals surface area contributed by atoms with E-state index in [9.17, 15) is 4.21 Å². The quantitative estimate of drug-likeness (QED) is 0.745. The summed E-state index contributed by atoms with van der Waals surface area (Å²) in [5.41, 5.74) is 7.14. The summed E-state index contributed by atoms with van der Waals surface area (Å²) in [5.74, 6) is 0.364. The van der Waals surface area contributed by atoms with Gasteiger partial charge >= 0.3 is 0 Å². The molecule has 2 aromatic carbocycles. The summed E-state index contributed by atoms with van der Waals surface area (Å²) in [6.07, 6.45) is 0. The number of fused-ring (bicyclic) bond motifs is 1. The van der Waals surface area contributed by atoms with Gasteiger partial charge in [-0.05, 0) is 30.3 Å². The summed E-state index contributed by atoms with van der Waals surface area (Å²) in [7, 11) is -1.22. The average Bonchev–Trinajstić information content (AvgIpc) is 2.80. The first kappa shape index (κ1) is 13.5. The maximum atomic E-state index is 12.4. The highest BCUT2D eigenvalue weighted by Gasteiger charge is 2.12. The molecule has 3 nitrogen and oxygen atoms in total. The van der Waals surface area contributed by atoms with Crippen LogP contribution in [0.2, 0.25) is 5.02 Å². The van der Waals surface area contributed by atoms with Crippen LogP contribution in [-0.2, 0) is 16.6 Å². The van der Waals surface area contributed by atoms with E-state index in [1.807, 2.05) is 24.3 Å². The normalized spacial score (nSPS) is 12.7. The maximum absolute atomic E-state index is 12.4. The zero-order valence-electron chi connectivity index (χ0n) is 10.4. The van der Waals surface area contributed by atoms with Crippen molar-refractivity contribution in [2.75, 3.05) is 5.73 Å². The Morgan fingerprint density at radius 1 is 1.25 bits per heavy atom. The Labute approximate surface area is 127 Å². The van der Waals surface area contributed by atoms with Crippen LogP contribution in [0.25, 0.3) is 10.2 Å². The predicted molar refractivity (Wildman–Crippen MR) is 85.6 cm³/mol. The smallest absolute Gasteiger partial charge is 0.107 e. The van der Waals surface area contributed by atoms with Crippen molar-refractivity contribution in [1.82, 2.24) is 4.98 Å². The van der Waals surface area contributed by atoms with Gasteiger partial charge in [0.15, 0.2) is 0 Å². The van der Waals surface area contributed by atoms with Gasteiger partial charge in [-0.3, -0.25) is 4.21 Å². The molecule has 1 heterocycles. The summed E-state index contributed by atoms with van der Waals surface area (Å²) in [6, 6.07) is 12.9. The van der Waals surface area contributed by atoms with E-state index in [2.05, 4.69) is 4.98 Å². The summed E-state index contributed by atoms with van der Waals surface area (Å²) in [5, 5.41) is 1.28. The number of anilines is 1. The van der Waals surface area contributed by atoms with Crippen LogP contribution in [0, 0.1) is 0 Å². The summed E-state index contributed by atoms with van der Waals surface area (Å²) >= 11 is 7.64. The third-order valence-electron chi connectivity index (χ3n) is 2.79. The van der Waals surface area contributed by atoms with E-state index in [1.165, 1.54) is 0 Å². The molecule has 0 saturated carbocycles. The monoisotopic (exact) mass is 322 g/mol. The second-order valence-corrected chi connectivity index (χ2v) is 7.20. The Balaban J connectivity index is 1.88. The summed E-state index contributed by atoms with van der Waals surface area (Å²) in [4.78, 5) is 5.08. The standard InChI is InChI=1S/C14H11ClN2OS2/c15-10-7-9(16)5-6-13(10)20(18)8-14-17-11-3-1-2-4-12(11)19-14/h1-7H,8,16H2. The highest BCUT2D eigenvalue weighted by Crippen LogP contribution is 2.27. The number of halogens is 1. The lowest BCUT2D eigenvalue weighted by atomic mass is 10.3. The molecule has 0 fully saturated rings. The molecule has 3 aromatic rings. The van der Waals surface area contributed by atoms with E-state index in [-0.39, 0.29) is 0 Å². The van der Waals surface area contributed by atoms with Crippen LogP contribution < -0.4 is 5.73 Å². The molecular formula is C14H11ClN2OS2. The fourth-order valence-corrected chi connectivity index (χ4v) is 4.58. The second-order valence-electron chi connectivity index (χ2n) is 4.26. The third-order valence-corrected chi connectivity index (χ3v) is 5.82. The van der Waals surface area contributed by atoms with Gasteiger partial charge in [0.05, 0.1) is 36.7 Å². The lowest BCUT2D eigenvalue weighted by Crippen LogP contribution is -1.97. The fraction of sp³-hybridized carbons (Fsp3) is 0.0714. The topological polar surface area (TPSA) is 56.0 Å². The number of nitrogens with zero attached hydrogens (tertiary/aromatic N) is 1. The highest BCUT2D eigenvalue weighted by molar-refractivity contribution is 7.84. The molecule has 20 heavy (non-hydrogen) atoms. The van der Waals surface area contributed by atoms with Crippen LogP contribution >= 0.6 is 22.9 Å². The lowest BCUT2D eigenvalue weighted by Gasteiger charge is -2.03. The van der Waals surface area contributed by atoms with Gasteiger partial charge in [0.1, 0.15) is 5.01 Å². The molecule has 102 valence electrons. The van der Waals surface area contributed by atoms with E-state index in [4.69, 9.17) is 17.3 Å². The first-order chi connectivity index (χ1) is 9.63. The number of rotatable bonds is 3. The van der Waals surface area contributed by atoms with Crippen LogP contribution in [0.15, 0.2) is 47.4 Å². The molecule has 1 atom stereocenters. The van der Waals surface area contributed by atoms with Crippen molar-refractivity contribution in [1.29, 1.82) is 0 Å². The van der Waals surface area contributed by atoms with Crippen molar-refractivity contribution >= 4 is 49.6 Å². The number of nitrogens with two attached hydrogens (primary N) is 1. The summed E-state index contributed by atoms with van der Waals surface area (Å²) < 4.78 is 13.5. The predicted octanol–water partition coefficient (Wildman–Crippen LogP) is 3.84. The Bertz CT molecular complexity index is 768. The molecule has 3 rings (SSSR count). The van der Waals surface area contributed by atoms with Gasteiger partial charge in [-0.2, -0.15) is 0 Å². The number of benzene rings is 2. The minimum Gasteiger partial charge on any atom is -0.399 e. The van der Waals surface area contributed by atoms with Gasteiger partial charge in [0.25, 0.3) is 0 Å². The molecule has 0 aliphatic carbocycles. The van der Waals surface area contributed by atoms with Gasteiger partial charge in [-0.1, -0.05) is 23.7 Å². The van der Waals surface area contributed by atoms with Crippen molar-refractivity contribution in [3.8, 4) is 0 Å². The molecular weight excluding hydrogens is 312 g/mol. The Hall–Kier alpha value is -1.43. The number of thiazole rings is 1. The van der Waals surface area contributed by atoms with Gasteiger partial charge in [-0.15, -0.1) is 11.3 Å². The van der Waals surface area contributed by atoms with Crippen molar-refractivity contribution in [3.63, 3.8) is 0 Å². The first-order valence-electron chi connectivity index (χ1n) is 5.91. The largest absolute Gasteiger partial charge is 0.399 e. The van der Waals surface area contributed by atoms with Crippen LogP contribution in [0.1, 0.15) is 5.01 Å². The highest BCUT2D eigenvalue weighted by atomic mass is 35.5. The zero-order chi connectivity index (χ0) is 14.1. The van der Waals surface area contributed by atoms with Crippen molar-refractivity contribution in [3.05, 3.63) is 52.5 Å². The SMILES string of the molecule is Nc1ccc(S(=O)Cc2nc3ccccc3s2)c(Cl)c1. The van der Waals surface area contributed by atoms with Crippen LogP contribution in [0.4, 0.5) is 5.69 Å². The molecule has 1 unspecified atom stereocenters. The van der Waals surface area contributed by atoms with Crippen LogP contribution in [-0.4, -0.2) is 9.19 Å². The van der Waals surface area contributed by atoms with Crippen molar-refractivity contribution in [2.24, 2.45) is 0 Å². The van der Waals surface area contributed by atoms with Gasteiger partial charge in [0.2, 0.25) is 0 Å². The lowest BCUT2D eigenvalue weighted by molar-refractivity contribution is 0.682. The number of aromatic nitrogens is 1. The van der Waals surface area contributed by atoms with Crippen molar-refractivity contribution in [2.45, 2.75) is 10.6 Å². The van der Waals surface area contributed by atoms with E-state index < -0.39 is 10.8 Å². The molecule has 0 saturated heterocycles. The van der Waals surface area contributed by atoms with E-state index >= 15 is 0 Å². The molecule has 0 spiro atoms. The molecule has 0 amide bonds. The Morgan fingerprint density at radius 3 is 2.80 bits per heavy atom. The first-order valence-corrected chi connectivity index (χ1v) is 8.42. The molecule has 0 aliphatic rings. The number of hydrogen-bond donors (Lipinski definition) is 1. The molecule has 2 N–H and O–H groups in total. The van der Waals surface area contributed by atoms with E-state index in [0.717, 1.165) is 15.2 Å². The fourth-order valence-electron chi connectivity index (χ4n) is 1.87. The van der Waals surface area contributed by atoms with E-state index in [1.54, 1.807) is 29.5 Å². The zero-order valence-corrected chi connectivity index (χ0v) is 12.8.